The van der Waals surface area contributed by atoms with E-state index in [4.69, 9.17) is 0 Å². The SMILES string of the molecule is CC1NCCCC1NC(=O)c1cc(=O)[nH]c2ccc([N+](=O)[O-])cc12.Cl. The molecule has 2 unspecified atom stereocenters. The number of nitro benzene ring substituents is 1. The molecule has 9 heteroatoms. The predicted molar refractivity (Wildman–Crippen MR) is 96.4 cm³/mol. The molecule has 1 aromatic heterocycles. The van der Waals surface area contributed by atoms with Crippen molar-refractivity contribution in [3.05, 3.63) is 50.3 Å². The molecule has 2 aromatic rings. The molecule has 1 aliphatic rings. The van der Waals surface area contributed by atoms with Gasteiger partial charge in [0.2, 0.25) is 5.56 Å². The molecule has 0 saturated carbocycles. The predicted octanol–water partition coefficient (Wildman–Crippen LogP) is 1.73. The van der Waals surface area contributed by atoms with Crippen LogP contribution in [0.25, 0.3) is 10.9 Å². The summed E-state index contributed by atoms with van der Waals surface area (Å²) in [5.41, 5.74) is -0.00379. The van der Waals surface area contributed by atoms with Gasteiger partial charge in [0.25, 0.3) is 11.6 Å². The van der Waals surface area contributed by atoms with E-state index in [1.165, 1.54) is 24.3 Å². The van der Waals surface area contributed by atoms with Gasteiger partial charge in [0, 0.05) is 41.2 Å². The Bertz CT molecular complexity index is 867. The highest BCUT2D eigenvalue weighted by Gasteiger charge is 2.24. The number of hydrogen-bond donors (Lipinski definition) is 3. The van der Waals surface area contributed by atoms with Gasteiger partial charge in [-0.15, -0.1) is 12.4 Å². The van der Waals surface area contributed by atoms with E-state index in [9.17, 15) is 19.7 Å². The lowest BCUT2D eigenvalue weighted by Crippen LogP contribution is -2.52. The van der Waals surface area contributed by atoms with Crippen LogP contribution >= 0.6 is 12.4 Å². The van der Waals surface area contributed by atoms with Crippen LogP contribution in [0.15, 0.2) is 29.1 Å². The van der Waals surface area contributed by atoms with Gasteiger partial charge in [-0.05, 0) is 32.4 Å². The first-order valence-electron chi connectivity index (χ1n) is 7.81. The number of H-pyrrole nitrogens is 1. The zero-order valence-electron chi connectivity index (χ0n) is 13.6. The van der Waals surface area contributed by atoms with Crippen molar-refractivity contribution in [2.24, 2.45) is 0 Å². The molecule has 2 atom stereocenters. The molecule has 2 heterocycles. The number of nitrogens with one attached hydrogen (secondary N) is 3. The van der Waals surface area contributed by atoms with Crippen LogP contribution < -0.4 is 16.2 Å². The van der Waals surface area contributed by atoms with Crippen molar-refractivity contribution in [1.82, 2.24) is 15.6 Å². The van der Waals surface area contributed by atoms with E-state index in [1.54, 1.807) is 0 Å². The molecule has 0 spiro atoms. The van der Waals surface area contributed by atoms with Crippen molar-refractivity contribution in [2.45, 2.75) is 31.8 Å². The number of rotatable bonds is 3. The highest BCUT2D eigenvalue weighted by atomic mass is 35.5. The number of piperidine rings is 1. The summed E-state index contributed by atoms with van der Waals surface area (Å²) in [4.78, 5) is 37.5. The standard InChI is InChI=1S/C16H18N4O4.ClH/c1-9-13(3-2-6-17-9)19-16(22)12-8-15(21)18-14-5-4-10(20(23)24)7-11(12)14;/h4-5,7-9,13,17H,2-3,6H2,1H3,(H,18,21)(H,19,22);1H. The zero-order chi connectivity index (χ0) is 17.3. The summed E-state index contributed by atoms with van der Waals surface area (Å²) >= 11 is 0. The number of carbonyl (C=O) groups is 1. The number of pyridine rings is 1. The van der Waals surface area contributed by atoms with Gasteiger partial charge in [-0.25, -0.2) is 0 Å². The lowest BCUT2D eigenvalue weighted by molar-refractivity contribution is -0.384. The summed E-state index contributed by atoms with van der Waals surface area (Å²) in [5, 5.41) is 17.6. The number of carbonyl (C=O) groups excluding carboxylic acids is 1. The Morgan fingerprint density at radius 2 is 2.12 bits per heavy atom. The van der Waals surface area contributed by atoms with Gasteiger partial charge < -0.3 is 15.6 Å². The Morgan fingerprint density at radius 1 is 1.36 bits per heavy atom. The van der Waals surface area contributed by atoms with E-state index in [0.29, 0.717) is 10.9 Å². The quantitative estimate of drug-likeness (QED) is 0.565. The van der Waals surface area contributed by atoms with Crippen molar-refractivity contribution >= 4 is 34.9 Å². The third-order valence-corrected chi connectivity index (χ3v) is 4.36. The van der Waals surface area contributed by atoms with Gasteiger partial charge in [-0.2, -0.15) is 0 Å². The van der Waals surface area contributed by atoms with Crippen molar-refractivity contribution < 1.29 is 9.72 Å². The number of benzene rings is 1. The smallest absolute Gasteiger partial charge is 0.270 e. The van der Waals surface area contributed by atoms with Crippen LogP contribution in [0.4, 0.5) is 5.69 Å². The number of amides is 1. The van der Waals surface area contributed by atoms with Gasteiger partial charge in [0.15, 0.2) is 0 Å². The highest BCUT2D eigenvalue weighted by molar-refractivity contribution is 6.06. The summed E-state index contributed by atoms with van der Waals surface area (Å²) in [6.07, 6.45) is 1.80. The normalized spacial score (nSPS) is 19.9. The average molecular weight is 367 g/mol. The summed E-state index contributed by atoms with van der Waals surface area (Å²) in [6, 6.07) is 5.32. The van der Waals surface area contributed by atoms with Crippen molar-refractivity contribution in [3.8, 4) is 0 Å². The van der Waals surface area contributed by atoms with E-state index in [1.807, 2.05) is 6.92 Å². The first-order valence-corrected chi connectivity index (χ1v) is 7.81. The second kappa shape index (κ2) is 7.62. The summed E-state index contributed by atoms with van der Waals surface area (Å²) in [6.45, 7) is 2.90. The minimum atomic E-state index is -0.528. The van der Waals surface area contributed by atoms with Crippen LogP contribution in [0.2, 0.25) is 0 Å². The van der Waals surface area contributed by atoms with Crippen molar-refractivity contribution in [2.75, 3.05) is 6.54 Å². The molecule has 1 saturated heterocycles. The van der Waals surface area contributed by atoms with Crippen LogP contribution in [0.1, 0.15) is 30.1 Å². The van der Waals surface area contributed by atoms with Crippen LogP contribution in [0.5, 0.6) is 0 Å². The molecule has 134 valence electrons. The van der Waals surface area contributed by atoms with Gasteiger partial charge in [-0.3, -0.25) is 19.7 Å². The molecule has 0 radical (unpaired) electrons. The molecule has 0 bridgehead atoms. The monoisotopic (exact) mass is 366 g/mol. The van der Waals surface area contributed by atoms with Crippen LogP contribution in [0, 0.1) is 10.1 Å². The Morgan fingerprint density at radius 3 is 2.80 bits per heavy atom. The largest absolute Gasteiger partial charge is 0.348 e. The number of nitro groups is 1. The summed E-state index contributed by atoms with van der Waals surface area (Å²) < 4.78 is 0. The molecule has 8 nitrogen and oxygen atoms in total. The van der Waals surface area contributed by atoms with E-state index in [-0.39, 0.29) is 35.7 Å². The molecule has 25 heavy (non-hydrogen) atoms. The average Bonchev–Trinajstić information content (AvgIpc) is 2.55. The molecule has 3 rings (SSSR count). The summed E-state index contributed by atoms with van der Waals surface area (Å²) in [7, 11) is 0. The van der Waals surface area contributed by atoms with Gasteiger partial charge in [-0.1, -0.05) is 0 Å². The van der Waals surface area contributed by atoms with E-state index < -0.39 is 16.4 Å². The number of halogens is 1. The zero-order valence-corrected chi connectivity index (χ0v) is 14.4. The maximum atomic E-state index is 12.6. The second-order valence-electron chi connectivity index (χ2n) is 6.00. The molecule has 3 N–H and O–H groups in total. The van der Waals surface area contributed by atoms with Gasteiger partial charge in [0.05, 0.1) is 10.5 Å². The second-order valence-corrected chi connectivity index (χ2v) is 6.00. The Kier molecular flexibility index (Phi) is 5.76. The number of aromatic nitrogens is 1. The molecule has 1 amide bonds. The minimum absolute atomic E-state index is 0. The maximum Gasteiger partial charge on any atom is 0.270 e. The maximum absolute atomic E-state index is 12.6. The van der Waals surface area contributed by atoms with Crippen molar-refractivity contribution in [1.29, 1.82) is 0 Å². The van der Waals surface area contributed by atoms with E-state index in [2.05, 4.69) is 15.6 Å². The molecule has 0 aliphatic carbocycles. The van der Waals surface area contributed by atoms with Crippen LogP contribution in [-0.2, 0) is 0 Å². The van der Waals surface area contributed by atoms with Crippen LogP contribution in [0.3, 0.4) is 0 Å². The Hall–Kier alpha value is -2.45. The first kappa shape index (κ1) is 18.9. The topological polar surface area (TPSA) is 117 Å². The molecule has 1 fully saturated rings. The fraction of sp³-hybridized carbons (Fsp3) is 0.375. The first-order chi connectivity index (χ1) is 11.5. The van der Waals surface area contributed by atoms with Gasteiger partial charge in [0.1, 0.15) is 0 Å². The summed E-state index contributed by atoms with van der Waals surface area (Å²) in [5.74, 6) is -0.396. The number of aromatic amines is 1. The Labute approximate surface area is 149 Å². The molecule has 1 aliphatic heterocycles. The van der Waals surface area contributed by atoms with E-state index >= 15 is 0 Å². The minimum Gasteiger partial charge on any atom is -0.348 e. The number of hydrogen-bond acceptors (Lipinski definition) is 5. The number of non-ortho nitro benzene ring substituents is 1. The lowest BCUT2D eigenvalue weighted by Gasteiger charge is -2.30. The Balaban J connectivity index is 0.00000225. The number of nitrogens with zero attached hydrogens (tertiary/aromatic N) is 1. The van der Waals surface area contributed by atoms with Crippen molar-refractivity contribution in [3.63, 3.8) is 0 Å². The molecular weight excluding hydrogens is 348 g/mol. The number of fused-ring (bicyclic) bond motifs is 1. The molecular formula is C16H19ClN4O4. The fourth-order valence-electron chi connectivity index (χ4n) is 3.03. The van der Waals surface area contributed by atoms with E-state index in [0.717, 1.165) is 19.4 Å². The van der Waals surface area contributed by atoms with Crippen LogP contribution in [-0.4, -0.2) is 34.4 Å². The highest BCUT2D eigenvalue weighted by Crippen LogP contribution is 2.22. The fourth-order valence-corrected chi connectivity index (χ4v) is 3.03. The third kappa shape index (κ3) is 3.97. The van der Waals surface area contributed by atoms with Gasteiger partial charge >= 0.3 is 0 Å². The third-order valence-electron chi connectivity index (χ3n) is 4.36. The molecule has 1 aromatic carbocycles. The lowest BCUT2D eigenvalue weighted by atomic mass is 9.99.